The van der Waals surface area contributed by atoms with Crippen molar-refractivity contribution in [2.45, 2.75) is 25.8 Å². The Morgan fingerprint density at radius 1 is 1.45 bits per heavy atom. The summed E-state index contributed by atoms with van der Waals surface area (Å²) in [5.41, 5.74) is 3.77. The van der Waals surface area contributed by atoms with Crippen LogP contribution in [0.2, 0.25) is 5.02 Å². The van der Waals surface area contributed by atoms with Crippen molar-refractivity contribution in [1.82, 2.24) is 19.5 Å². The molecule has 2 aromatic heterocycles. The van der Waals surface area contributed by atoms with Crippen molar-refractivity contribution in [3.05, 3.63) is 52.5 Å². The molecule has 3 heterocycles. The van der Waals surface area contributed by atoms with E-state index < -0.39 is 0 Å². The van der Waals surface area contributed by atoms with E-state index in [1.165, 1.54) is 11.1 Å². The third kappa shape index (κ3) is 2.04. The number of carbonyl (C=O) groups is 1. The summed E-state index contributed by atoms with van der Waals surface area (Å²) in [4.78, 5) is 18.9. The highest BCUT2D eigenvalue weighted by Crippen LogP contribution is 2.32. The van der Waals surface area contributed by atoms with E-state index in [0.29, 0.717) is 16.4 Å². The molecule has 0 bridgehead atoms. The smallest absolute Gasteiger partial charge is 0.274 e. The molecule has 1 unspecified atom stereocenters. The zero-order valence-corrected chi connectivity index (χ0v) is 12.9. The van der Waals surface area contributed by atoms with Gasteiger partial charge in [0, 0.05) is 18.8 Å². The van der Waals surface area contributed by atoms with E-state index in [1.807, 2.05) is 4.90 Å². The van der Waals surface area contributed by atoms with Crippen molar-refractivity contribution in [3.8, 4) is 0 Å². The first kappa shape index (κ1) is 13.5. The Bertz CT molecular complexity index is 836. The molecule has 112 valence electrons. The molecular formula is C16H15ClN4O. The average Bonchev–Trinajstić information content (AvgIpc) is 3.12. The largest absolute Gasteiger partial charge is 0.330 e. The second kappa shape index (κ2) is 4.95. The van der Waals surface area contributed by atoms with Crippen LogP contribution in [0.4, 0.5) is 0 Å². The van der Waals surface area contributed by atoms with Crippen molar-refractivity contribution < 1.29 is 4.79 Å². The number of hydrogen-bond acceptors (Lipinski definition) is 3. The fourth-order valence-corrected chi connectivity index (χ4v) is 3.39. The number of rotatable bonds is 1. The summed E-state index contributed by atoms with van der Waals surface area (Å²) in [6, 6.07) is 1.80. The minimum absolute atomic E-state index is 0.0547. The van der Waals surface area contributed by atoms with Gasteiger partial charge in [0.15, 0.2) is 11.3 Å². The van der Waals surface area contributed by atoms with Crippen LogP contribution in [0.5, 0.6) is 0 Å². The van der Waals surface area contributed by atoms with E-state index in [1.54, 1.807) is 23.0 Å². The summed E-state index contributed by atoms with van der Waals surface area (Å²) < 4.78 is 1.55. The van der Waals surface area contributed by atoms with E-state index in [-0.39, 0.29) is 11.9 Å². The van der Waals surface area contributed by atoms with Crippen LogP contribution in [0.25, 0.3) is 5.65 Å². The summed E-state index contributed by atoms with van der Waals surface area (Å²) in [6.07, 6.45) is 9.49. The highest BCUT2D eigenvalue weighted by Gasteiger charge is 2.31. The third-order valence-corrected chi connectivity index (χ3v) is 4.60. The molecule has 6 heteroatoms. The molecular weight excluding hydrogens is 300 g/mol. The number of nitrogens with zero attached hydrogens (tertiary/aromatic N) is 4. The van der Waals surface area contributed by atoms with Gasteiger partial charge in [-0.25, -0.2) is 9.50 Å². The first-order chi connectivity index (χ1) is 10.6. The molecule has 1 amide bonds. The van der Waals surface area contributed by atoms with Crippen LogP contribution >= 0.6 is 11.6 Å². The van der Waals surface area contributed by atoms with E-state index >= 15 is 0 Å². The van der Waals surface area contributed by atoms with E-state index in [4.69, 9.17) is 11.6 Å². The summed E-state index contributed by atoms with van der Waals surface area (Å²) in [5.74, 6) is -0.0547. The van der Waals surface area contributed by atoms with E-state index in [0.717, 1.165) is 19.4 Å². The number of aromatic nitrogens is 3. The topological polar surface area (TPSA) is 50.5 Å². The Morgan fingerprint density at radius 3 is 3.18 bits per heavy atom. The first-order valence-electron chi connectivity index (χ1n) is 7.34. The summed E-state index contributed by atoms with van der Waals surface area (Å²) >= 11 is 5.91. The van der Waals surface area contributed by atoms with Crippen molar-refractivity contribution in [1.29, 1.82) is 0 Å². The van der Waals surface area contributed by atoms with Crippen LogP contribution in [-0.4, -0.2) is 38.0 Å². The van der Waals surface area contributed by atoms with Gasteiger partial charge in [-0.3, -0.25) is 4.79 Å². The fraction of sp³-hybridized carbons (Fsp3) is 0.312. The minimum Gasteiger partial charge on any atom is -0.330 e. The van der Waals surface area contributed by atoms with Gasteiger partial charge >= 0.3 is 0 Å². The highest BCUT2D eigenvalue weighted by molar-refractivity contribution is 6.30. The first-order valence-corrected chi connectivity index (χ1v) is 7.71. The minimum atomic E-state index is -0.0547. The second-order valence-electron chi connectivity index (χ2n) is 5.69. The molecule has 0 spiro atoms. The zero-order valence-electron chi connectivity index (χ0n) is 12.2. The number of halogens is 1. The predicted molar refractivity (Wildman–Crippen MR) is 83.9 cm³/mol. The number of amides is 1. The van der Waals surface area contributed by atoms with Crippen LogP contribution < -0.4 is 0 Å². The maximum Gasteiger partial charge on any atom is 0.274 e. The summed E-state index contributed by atoms with van der Waals surface area (Å²) in [5, 5.41) is 4.81. The lowest BCUT2D eigenvalue weighted by Crippen LogP contribution is -2.43. The molecule has 0 saturated heterocycles. The molecule has 2 aliphatic rings. The number of fused-ring (bicyclic) bond motifs is 1. The van der Waals surface area contributed by atoms with E-state index in [2.05, 4.69) is 29.2 Å². The standard InChI is InChI=1S/C16H15ClN4O/c1-10-13-4-2-3-11(13)5-6-20(10)16(22)14-7-15-18-8-12(17)9-21(15)19-14/h2,4,7-10H,3,5-6H2,1H3. The SMILES string of the molecule is CC1C2=C(CC=C2)CCN1C(=O)c1cc2ncc(Cl)cn2n1. The summed E-state index contributed by atoms with van der Waals surface area (Å²) in [7, 11) is 0. The molecule has 4 rings (SSSR count). The Hall–Kier alpha value is -2.14. The van der Waals surface area contributed by atoms with Crippen molar-refractivity contribution >= 4 is 23.2 Å². The van der Waals surface area contributed by atoms with Crippen LogP contribution in [-0.2, 0) is 0 Å². The number of carbonyl (C=O) groups excluding carboxylic acids is 1. The molecule has 1 aliphatic heterocycles. The lowest BCUT2D eigenvalue weighted by Gasteiger charge is -2.34. The fourth-order valence-electron chi connectivity index (χ4n) is 3.24. The molecule has 0 radical (unpaired) electrons. The third-order valence-electron chi connectivity index (χ3n) is 4.40. The normalized spacial score (nSPS) is 20.8. The van der Waals surface area contributed by atoms with Crippen molar-refractivity contribution in [2.24, 2.45) is 0 Å². The average molecular weight is 315 g/mol. The Labute approximate surface area is 132 Å². The van der Waals surface area contributed by atoms with Gasteiger partial charge in [-0.15, -0.1) is 0 Å². The molecule has 0 saturated carbocycles. The molecule has 0 fully saturated rings. The van der Waals surface area contributed by atoms with Gasteiger partial charge in [-0.1, -0.05) is 29.3 Å². The molecule has 0 N–H and O–H groups in total. The van der Waals surface area contributed by atoms with Gasteiger partial charge in [0.25, 0.3) is 5.91 Å². The maximum atomic E-state index is 12.8. The molecule has 1 aliphatic carbocycles. The van der Waals surface area contributed by atoms with Crippen LogP contribution in [0.1, 0.15) is 30.3 Å². The maximum absolute atomic E-state index is 12.8. The van der Waals surface area contributed by atoms with Crippen LogP contribution in [0, 0.1) is 0 Å². The molecule has 2 aromatic rings. The monoisotopic (exact) mass is 314 g/mol. The quantitative estimate of drug-likeness (QED) is 0.813. The predicted octanol–water partition coefficient (Wildman–Crippen LogP) is 2.87. The number of allylic oxidation sites excluding steroid dienone is 1. The molecule has 5 nitrogen and oxygen atoms in total. The molecule has 0 aromatic carbocycles. The van der Waals surface area contributed by atoms with Gasteiger partial charge in [0.1, 0.15) is 0 Å². The van der Waals surface area contributed by atoms with E-state index in [9.17, 15) is 4.79 Å². The molecule has 1 atom stereocenters. The Balaban J connectivity index is 1.67. The zero-order chi connectivity index (χ0) is 15.3. The van der Waals surface area contributed by atoms with Crippen molar-refractivity contribution in [3.63, 3.8) is 0 Å². The van der Waals surface area contributed by atoms with Crippen molar-refractivity contribution in [2.75, 3.05) is 6.54 Å². The second-order valence-corrected chi connectivity index (χ2v) is 6.13. The van der Waals surface area contributed by atoms with Gasteiger partial charge in [0.2, 0.25) is 0 Å². The lowest BCUT2D eigenvalue weighted by molar-refractivity contribution is 0.0703. The van der Waals surface area contributed by atoms with Gasteiger partial charge < -0.3 is 4.90 Å². The van der Waals surface area contributed by atoms with Gasteiger partial charge in [0.05, 0.1) is 17.3 Å². The Kier molecular flexibility index (Phi) is 3.04. The van der Waals surface area contributed by atoms with Gasteiger partial charge in [-0.2, -0.15) is 5.10 Å². The number of hydrogen-bond donors (Lipinski definition) is 0. The highest BCUT2D eigenvalue weighted by atomic mass is 35.5. The Morgan fingerprint density at radius 2 is 2.32 bits per heavy atom. The lowest BCUT2D eigenvalue weighted by atomic mass is 9.95. The summed E-state index contributed by atoms with van der Waals surface area (Å²) in [6.45, 7) is 2.82. The van der Waals surface area contributed by atoms with Gasteiger partial charge in [-0.05, 0) is 25.3 Å². The molecule has 22 heavy (non-hydrogen) atoms. The van der Waals surface area contributed by atoms with Crippen LogP contribution in [0.3, 0.4) is 0 Å². The van der Waals surface area contributed by atoms with Crippen LogP contribution in [0.15, 0.2) is 41.8 Å².